The molecule has 4 atom stereocenters. The summed E-state index contributed by atoms with van der Waals surface area (Å²) in [7, 11) is 0. The van der Waals surface area contributed by atoms with Crippen LogP contribution in [-0.4, -0.2) is 55.9 Å². The lowest BCUT2D eigenvalue weighted by atomic mass is 9.65. The van der Waals surface area contributed by atoms with E-state index in [4.69, 9.17) is 15.2 Å². The van der Waals surface area contributed by atoms with Gasteiger partial charge in [-0.05, 0) is 62.8 Å². The largest absolute Gasteiger partial charge is 0.379 e. The molecule has 2 aliphatic heterocycles. The zero-order valence-electron chi connectivity index (χ0n) is 15.4. The van der Waals surface area contributed by atoms with Gasteiger partial charge in [0.05, 0.1) is 19.3 Å². The Morgan fingerprint density at radius 3 is 2.52 bits per heavy atom. The summed E-state index contributed by atoms with van der Waals surface area (Å²) in [4.78, 5) is 15.2. The number of carbonyl (C=O) groups is 1. The third kappa shape index (κ3) is 3.80. The molecule has 0 aromatic heterocycles. The van der Waals surface area contributed by atoms with Crippen molar-refractivity contribution in [1.82, 2.24) is 4.90 Å². The Labute approximate surface area is 151 Å². The van der Waals surface area contributed by atoms with Gasteiger partial charge in [-0.2, -0.15) is 0 Å². The molecule has 2 N–H and O–H groups in total. The number of carbonyl (C=O) groups excluding carboxylic acids is 1. The summed E-state index contributed by atoms with van der Waals surface area (Å²) in [6.07, 6.45) is 9.25. The molecule has 0 radical (unpaired) electrons. The quantitative estimate of drug-likeness (QED) is 0.845. The third-order valence-corrected chi connectivity index (χ3v) is 7.26. The van der Waals surface area contributed by atoms with Crippen molar-refractivity contribution >= 4 is 5.78 Å². The maximum Gasteiger partial charge on any atom is 0.142 e. The fraction of sp³-hybridized carbons (Fsp3) is 0.950. The van der Waals surface area contributed by atoms with E-state index in [1.54, 1.807) is 0 Å². The second-order valence-electron chi connectivity index (χ2n) is 8.59. The number of Topliss-reactive ketones (excluding diaryl/α,β-unsaturated/α-hetero) is 1. The minimum Gasteiger partial charge on any atom is -0.379 e. The number of fused-ring (bicyclic) bond motifs is 1. The Morgan fingerprint density at radius 2 is 1.80 bits per heavy atom. The second kappa shape index (κ2) is 8.03. The van der Waals surface area contributed by atoms with Crippen LogP contribution >= 0.6 is 0 Å². The number of ketones is 1. The smallest absolute Gasteiger partial charge is 0.142 e. The first-order valence-electron chi connectivity index (χ1n) is 10.5. The highest BCUT2D eigenvalue weighted by Gasteiger charge is 2.47. The van der Waals surface area contributed by atoms with Crippen LogP contribution in [0.3, 0.4) is 0 Å². The first-order valence-corrected chi connectivity index (χ1v) is 10.5. The Hall–Kier alpha value is -0.490. The Kier molecular flexibility index (Phi) is 5.75. The van der Waals surface area contributed by atoms with Gasteiger partial charge in [-0.15, -0.1) is 0 Å². The molecule has 0 aromatic rings. The van der Waals surface area contributed by atoms with Crippen LogP contribution < -0.4 is 5.73 Å². The highest BCUT2D eigenvalue weighted by atomic mass is 16.5. The highest BCUT2D eigenvalue weighted by molar-refractivity contribution is 5.82. The standard InChI is InChI=1S/C20H34N2O3/c21-13-14-4-6-15(7-5-14)16-2-1-3-17-18(23)12-19(25-20(16)17)22-8-10-24-11-9-22/h14-17,19-20H,1-13,21H2. The molecular weight excluding hydrogens is 316 g/mol. The Morgan fingerprint density at radius 1 is 1.04 bits per heavy atom. The minimum atomic E-state index is -0.0152. The minimum absolute atomic E-state index is 0.0152. The first kappa shape index (κ1) is 17.9. The van der Waals surface area contributed by atoms with Crippen molar-refractivity contribution in [3.05, 3.63) is 0 Å². The topological polar surface area (TPSA) is 64.8 Å². The SMILES string of the molecule is NCC1CCC(C2CCCC3C(=O)CC(N4CCOCC4)OC32)CC1. The summed E-state index contributed by atoms with van der Waals surface area (Å²) in [6.45, 7) is 4.13. The summed E-state index contributed by atoms with van der Waals surface area (Å²) >= 11 is 0. The van der Waals surface area contributed by atoms with Crippen LogP contribution in [0.25, 0.3) is 0 Å². The molecule has 142 valence electrons. The van der Waals surface area contributed by atoms with Gasteiger partial charge in [-0.1, -0.05) is 6.42 Å². The lowest BCUT2D eigenvalue weighted by Gasteiger charge is -2.49. The van der Waals surface area contributed by atoms with Crippen molar-refractivity contribution in [2.24, 2.45) is 29.4 Å². The summed E-state index contributed by atoms with van der Waals surface area (Å²) in [5.41, 5.74) is 5.87. The number of nitrogens with two attached hydrogens (primary N) is 1. The van der Waals surface area contributed by atoms with E-state index >= 15 is 0 Å². The molecule has 4 fully saturated rings. The number of nitrogens with zero attached hydrogens (tertiary/aromatic N) is 1. The average molecular weight is 351 g/mol. The fourth-order valence-corrected chi connectivity index (χ4v) is 5.73. The number of hydrogen-bond donors (Lipinski definition) is 1. The molecule has 0 spiro atoms. The zero-order valence-corrected chi connectivity index (χ0v) is 15.4. The molecule has 5 nitrogen and oxygen atoms in total. The van der Waals surface area contributed by atoms with E-state index in [0.717, 1.165) is 45.2 Å². The Bertz CT molecular complexity index is 458. The Balaban J connectivity index is 1.44. The average Bonchev–Trinajstić information content (AvgIpc) is 2.68. The molecule has 4 aliphatic rings. The molecule has 25 heavy (non-hydrogen) atoms. The van der Waals surface area contributed by atoms with Crippen molar-refractivity contribution < 1.29 is 14.3 Å². The van der Waals surface area contributed by atoms with Crippen LogP contribution in [0.5, 0.6) is 0 Å². The number of hydrogen-bond acceptors (Lipinski definition) is 5. The van der Waals surface area contributed by atoms with Gasteiger partial charge >= 0.3 is 0 Å². The van der Waals surface area contributed by atoms with E-state index in [1.807, 2.05) is 0 Å². The zero-order chi connectivity index (χ0) is 17.2. The van der Waals surface area contributed by atoms with Crippen LogP contribution in [-0.2, 0) is 14.3 Å². The number of ether oxygens (including phenoxy) is 2. The molecule has 5 heteroatoms. The summed E-state index contributed by atoms with van der Waals surface area (Å²) in [5.74, 6) is 2.62. The van der Waals surface area contributed by atoms with E-state index < -0.39 is 0 Å². The maximum absolute atomic E-state index is 12.9. The summed E-state index contributed by atoms with van der Waals surface area (Å²) in [6, 6.07) is 0. The molecular formula is C20H34N2O3. The van der Waals surface area contributed by atoms with Crippen LogP contribution in [0, 0.1) is 23.7 Å². The van der Waals surface area contributed by atoms with Crippen molar-refractivity contribution in [3.8, 4) is 0 Å². The number of rotatable bonds is 3. The fourth-order valence-electron chi connectivity index (χ4n) is 5.73. The van der Waals surface area contributed by atoms with Gasteiger partial charge in [0.15, 0.2) is 0 Å². The third-order valence-electron chi connectivity index (χ3n) is 7.26. The normalized spacial score (nSPS) is 43.6. The van der Waals surface area contributed by atoms with Crippen molar-refractivity contribution in [1.29, 1.82) is 0 Å². The predicted molar refractivity (Wildman–Crippen MR) is 96.0 cm³/mol. The van der Waals surface area contributed by atoms with E-state index in [2.05, 4.69) is 4.90 Å². The van der Waals surface area contributed by atoms with E-state index in [9.17, 15) is 4.79 Å². The summed E-state index contributed by atoms with van der Waals surface area (Å²) in [5, 5.41) is 0. The van der Waals surface area contributed by atoms with Gasteiger partial charge in [-0.25, -0.2) is 0 Å². The molecule has 2 saturated heterocycles. The second-order valence-corrected chi connectivity index (χ2v) is 8.59. The molecule has 0 amide bonds. The molecule has 2 aliphatic carbocycles. The lowest BCUT2D eigenvalue weighted by Crippen LogP contribution is -2.56. The molecule has 0 bridgehead atoms. The van der Waals surface area contributed by atoms with E-state index in [-0.39, 0.29) is 18.2 Å². The van der Waals surface area contributed by atoms with Crippen molar-refractivity contribution in [2.75, 3.05) is 32.8 Å². The monoisotopic (exact) mass is 350 g/mol. The van der Waals surface area contributed by atoms with Gasteiger partial charge in [0.2, 0.25) is 0 Å². The molecule has 2 heterocycles. The van der Waals surface area contributed by atoms with Crippen LogP contribution in [0.1, 0.15) is 51.4 Å². The molecule has 4 rings (SSSR count). The van der Waals surface area contributed by atoms with Crippen LogP contribution in [0.15, 0.2) is 0 Å². The van der Waals surface area contributed by atoms with Crippen LogP contribution in [0.4, 0.5) is 0 Å². The molecule has 2 saturated carbocycles. The number of morpholine rings is 1. The van der Waals surface area contributed by atoms with Gasteiger partial charge in [-0.3, -0.25) is 9.69 Å². The van der Waals surface area contributed by atoms with E-state index in [1.165, 1.54) is 38.5 Å². The summed E-state index contributed by atoms with van der Waals surface area (Å²) < 4.78 is 12.1. The molecule has 0 aromatic carbocycles. The van der Waals surface area contributed by atoms with Crippen molar-refractivity contribution in [2.45, 2.75) is 63.7 Å². The predicted octanol–water partition coefficient (Wildman–Crippen LogP) is 2.18. The van der Waals surface area contributed by atoms with Gasteiger partial charge < -0.3 is 15.2 Å². The van der Waals surface area contributed by atoms with Gasteiger partial charge in [0.25, 0.3) is 0 Å². The van der Waals surface area contributed by atoms with E-state index in [0.29, 0.717) is 24.0 Å². The first-order chi connectivity index (χ1) is 12.3. The maximum atomic E-state index is 12.9. The van der Waals surface area contributed by atoms with Crippen LogP contribution in [0.2, 0.25) is 0 Å². The van der Waals surface area contributed by atoms with Gasteiger partial charge in [0.1, 0.15) is 12.0 Å². The van der Waals surface area contributed by atoms with Gasteiger partial charge in [0, 0.05) is 25.4 Å². The lowest BCUT2D eigenvalue weighted by molar-refractivity contribution is -0.198. The molecule has 4 unspecified atom stereocenters. The van der Waals surface area contributed by atoms with Crippen molar-refractivity contribution in [3.63, 3.8) is 0 Å². The highest BCUT2D eigenvalue weighted by Crippen LogP contribution is 2.45.